The van der Waals surface area contributed by atoms with E-state index in [9.17, 15) is 9.90 Å². The van der Waals surface area contributed by atoms with Gasteiger partial charge in [0.15, 0.2) is 0 Å². The van der Waals surface area contributed by atoms with Crippen LogP contribution in [0.5, 0.6) is 0 Å². The second-order valence-electron chi connectivity index (χ2n) is 9.02. The first kappa shape index (κ1) is 26.8. The standard InChI is InChI=1S/C25H40ClN5O3/c1-6-30(20-8-10-29(11-9-20)12-13-34-5)23-15-19(26)14-21(17(23)3)24(32)27-16-22-18(4)31(7-2)28-25(22)33/h14-15,20,25,28,33H,6-13,16H2,1-5H3,(H,27,32). The SMILES string of the molecule is CCN1NC(O)C(CNC(=O)c2cc(Cl)cc(N(CC)C3CCN(CCOC)CC3)c2C)=C1C. The fourth-order valence-electron chi connectivity index (χ4n) is 5.02. The number of aliphatic hydroxyl groups excluding tert-OH is 1. The normalized spacial score (nSPS) is 19.7. The van der Waals surface area contributed by atoms with Gasteiger partial charge in [0.2, 0.25) is 0 Å². The summed E-state index contributed by atoms with van der Waals surface area (Å²) in [5, 5.41) is 15.7. The molecule has 2 heterocycles. The van der Waals surface area contributed by atoms with Gasteiger partial charge in [-0.2, -0.15) is 0 Å². The van der Waals surface area contributed by atoms with E-state index in [2.05, 4.69) is 27.5 Å². The molecule has 0 saturated carbocycles. The summed E-state index contributed by atoms with van der Waals surface area (Å²) in [6, 6.07) is 4.12. The predicted octanol–water partition coefficient (Wildman–Crippen LogP) is 2.75. The molecule has 0 aliphatic carbocycles. The summed E-state index contributed by atoms with van der Waals surface area (Å²) in [4.78, 5) is 18.0. The summed E-state index contributed by atoms with van der Waals surface area (Å²) in [6.45, 7) is 13.7. The second-order valence-corrected chi connectivity index (χ2v) is 9.45. The van der Waals surface area contributed by atoms with Crippen LogP contribution >= 0.6 is 11.6 Å². The molecule has 190 valence electrons. The van der Waals surface area contributed by atoms with Gasteiger partial charge in [-0.05, 0) is 58.2 Å². The second kappa shape index (κ2) is 12.2. The van der Waals surface area contributed by atoms with Crippen LogP contribution in [-0.4, -0.2) is 86.2 Å². The van der Waals surface area contributed by atoms with Crippen molar-refractivity contribution in [2.45, 2.75) is 52.8 Å². The van der Waals surface area contributed by atoms with E-state index < -0.39 is 6.23 Å². The van der Waals surface area contributed by atoms with Crippen molar-refractivity contribution in [2.24, 2.45) is 0 Å². The van der Waals surface area contributed by atoms with E-state index in [0.29, 0.717) is 16.6 Å². The van der Waals surface area contributed by atoms with Gasteiger partial charge in [0, 0.05) is 80.0 Å². The third-order valence-corrected chi connectivity index (χ3v) is 7.30. The number of likely N-dealkylation sites (tertiary alicyclic amines) is 1. The molecule has 1 aromatic carbocycles. The van der Waals surface area contributed by atoms with Crippen molar-refractivity contribution < 1.29 is 14.6 Å². The molecule has 2 aliphatic rings. The van der Waals surface area contributed by atoms with Crippen molar-refractivity contribution in [3.63, 3.8) is 0 Å². The first-order valence-electron chi connectivity index (χ1n) is 12.3. The molecule has 1 saturated heterocycles. The molecule has 0 spiro atoms. The maximum atomic E-state index is 13.2. The average Bonchev–Trinajstić information content (AvgIpc) is 3.11. The number of nitrogens with zero attached hydrogens (tertiary/aromatic N) is 3. The lowest BCUT2D eigenvalue weighted by atomic mass is 9.99. The van der Waals surface area contributed by atoms with E-state index in [0.717, 1.165) is 74.7 Å². The number of carbonyl (C=O) groups is 1. The van der Waals surface area contributed by atoms with Gasteiger partial charge in [-0.1, -0.05) is 11.6 Å². The van der Waals surface area contributed by atoms with E-state index in [-0.39, 0.29) is 12.5 Å². The number of carbonyl (C=O) groups excluding carboxylic acids is 1. The Morgan fingerprint density at radius 1 is 1.29 bits per heavy atom. The number of rotatable bonds is 10. The number of benzene rings is 1. The summed E-state index contributed by atoms with van der Waals surface area (Å²) in [7, 11) is 1.74. The number of aliphatic hydroxyl groups is 1. The Labute approximate surface area is 208 Å². The lowest BCUT2D eigenvalue weighted by Crippen LogP contribution is -2.46. The third-order valence-electron chi connectivity index (χ3n) is 7.08. The van der Waals surface area contributed by atoms with Gasteiger partial charge in [-0.25, -0.2) is 5.43 Å². The van der Waals surface area contributed by atoms with Gasteiger partial charge in [-0.3, -0.25) is 4.79 Å². The Morgan fingerprint density at radius 2 is 2.00 bits per heavy atom. The molecule has 1 aromatic rings. The molecule has 1 amide bonds. The van der Waals surface area contributed by atoms with Crippen LogP contribution in [0, 0.1) is 6.92 Å². The number of ether oxygens (including phenoxy) is 1. The number of piperidine rings is 1. The minimum Gasteiger partial charge on any atom is -0.383 e. The van der Waals surface area contributed by atoms with Crippen molar-refractivity contribution in [3.05, 3.63) is 39.6 Å². The highest BCUT2D eigenvalue weighted by Gasteiger charge is 2.28. The first-order chi connectivity index (χ1) is 16.3. The number of nitrogens with one attached hydrogen (secondary N) is 2. The number of allylic oxidation sites excluding steroid dienone is 1. The van der Waals surface area contributed by atoms with Gasteiger partial charge in [0.25, 0.3) is 5.91 Å². The zero-order chi connectivity index (χ0) is 24.8. The van der Waals surface area contributed by atoms with Crippen LogP contribution in [0.1, 0.15) is 49.5 Å². The van der Waals surface area contributed by atoms with E-state index in [1.165, 1.54) is 0 Å². The smallest absolute Gasteiger partial charge is 0.251 e. The van der Waals surface area contributed by atoms with Gasteiger partial charge >= 0.3 is 0 Å². The van der Waals surface area contributed by atoms with E-state index in [1.807, 2.05) is 31.8 Å². The molecule has 1 unspecified atom stereocenters. The number of hydrogen-bond donors (Lipinski definition) is 3. The quantitative estimate of drug-likeness (QED) is 0.462. The van der Waals surface area contributed by atoms with Crippen molar-refractivity contribution >= 4 is 23.2 Å². The van der Waals surface area contributed by atoms with Crippen molar-refractivity contribution in [3.8, 4) is 0 Å². The minimum absolute atomic E-state index is 0.186. The third kappa shape index (κ3) is 6.04. The molecule has 9 heteroatoms. The van der Waals surface area contributed by atoms with Crippen molar-refractivity contribution in [2.75, 3.05) is 57.9 Å². The van der Waals surface area contributed by atoms with Crippen LogP contribution in [0.4, 0.5) is 5.69 Å². The molecule has 1 fully saturated rings. The Bertz CT molecular complexity index is 886. The summed E-state index contributed by atoms with van der Waals surface area (Å²) >= 11 is 6.50. The minimum atomic E-state index is -0.790. The Morgan fingerprint density at radius 3 is 2.59 bits per heavy atom. The van der Waals surface area contributed by atoms with Crippen LogP contribution in [0.3, 0.4) is 0 Å². The zero-order valence-corrected chi connectivity index (χ0v) is 21.9. The van der Waals surface area contributed by atoms with Gasteiger partial charge in [0.1, 0.15) is 6.23 Å². The lowest BCUT2D eigenvalue weighted by Gasteiger charge is -2.40. The van der Waals surface area contributed by atoms with Gasteiger partial charge in [0.05, 0.1) is 6.61 Å². The van der Waals surface area contributed by atoms with Crippen LogP contribution in [-0.2, 0) is 4.74 Å². The van der Waals surface area contributed by atoms with Crippen LogP contribution in [0.2, 0.25) is 5.02 Å². The summed E-state index contributed by atoms with van der Waals surface area (Å²) in [5.41, 5.74) is 7.22. The molecule has 1 atom stereocenters. The van der Waals surface area contributed by atoms with Crippen molar-refractivity contribution in [1.82, 2.24) is 20.7 Å². The average molecular weight is 494 g/mol. The molecule has 3 rings (SSSR count). The fourth-order valence-corrected chi connectivity index (χ4v) is 5.23. The molecule has 0 aromatic heterocycles. The zero-order valence-electron chi connectivity index (χ0n) is 21.2. The first-order valence-corrected chi connectivity index (χ1v) is 12.7. The highest BCUT2D eigenvalue weighted by Crippen LogP contribution is 2.32. The number of amides is 1. The maximum Gasteiger partial charge on any atom is 0.251 e. The molecular formula is C25H40ClN5O3. The number of halogens is 1. The van der Waals surface area contributed by atoms with E-state index in [1.54, 1.807) is 13.2 Å². The lowest BCUT2D eigenvalue weighted by molar-refractivity contribution is 0.0946. The Hall–Kier alpha value is -1.84. The molecule has 0 radical (unpaired) electrons. The number of anilines is 1. The Balaban J connectivity index is 1.73. The molecule has 0 bridgehead atoms. The summed E-state index contributed by atoms with van der Waals surface area (Å²) in [6.07, 6.45) is 1.34. The highest BCUT2D eigenvalue weighted by molar-refractivity contribution is 6.31. The molecule has 34 heavy (non-hydrogen) atoms. The maximum absolute atomic E-state index is 13.2. The van der Waals surface area contributed by atoms with Gasteiger partial charge in [-0.15, -0.1) is 0 Å². The monoisotopic (exact) mass is 493 g/mol. The topological polar surface area (TPSA) is 80.3 Å². The van der Waals surface area contributed by atoms with Crippen molar-refractivity contribution in [1.29, 1.82) is 0 Å². The molecule has 8 nitrogen and oxygen atoms in total. The summed E-state index contributed by atoms with van der Waals surface area (Å²) < 4.78 is 5.22. The highest BCUT2D eigenvalue weighted by atomic mass is 35.5. The van der Waals surface area contributed by atoms with Crippen LogP contribution in [0.25, 0.3) is 0 Å². The van der Waals surface area contributed by atoms with E-state index >= 15 is 0 Å². The molecular weight excluding hydrogens is 454 g/mol. The number of hydrazine groups is 1. The van der Waals surface area contributed by atoms with Crippen LogP contribution < -0.4 is 15.6 Å². The predicted molar refractivity (Wildman–Crippen MR) is 137 cm³/mol. The number of methoxy groups -OCH3 is 1. The van der Waals surface area contributed by atoms with E-state index in [4.69, 9.17) is 16.3 Å². The Kier molecular flexibility index (Phi) is 9.62. The van der Waals surface area contributed by atoms with Gasteiger partial charge < -0.3 is 30.0 Å². The van der Waals surface area contributed by atoms with Crippen LogP contribution in [0.15, 0.2) is 23.4 Å². The number of hydrogen-bond acceptors (Lipinski definition) is 7. The molecule has 3 N–H and O–H groups in total. The largest absolute Gasteiger partial charge is 0.383 e. The molecule has 2 aliphatic heterocycles. The summed E-state index contributed by atoms with van der Waals surface area (Å²) in [5.74, 6) is -0.186. The fraction of sp³-hybridized carbons (Fsp3) is 0.640.